The number of carbonyl (C=O) groups excluding carboxylic acids is 2. The molecule has 2 saturated heterocycles. The second-order valence-electron chi connectivity index (χ2n) is 13.2. The lowest BCUT2D eigenvalue weighted by atomic mass is 9.97. The molecule has 0 aliphatic carbocycles. The first-order valence-electron chi connectivity index (χ1n) is 17.3. The van der Waals surface area contributed by atoms with E-state index >= 15 is 0 Å². The van der Waals surface area contributed by atoms with Crippen LogP contribution in [0.3, 0.4) is 0 Å². The fourth-order valence-corrected chi connectivity index (χ4v) is 7.58. The lowest BCUT2D eigenvalue weighted by Crippen LogP contribution is -2.37. The van der Waals surface area contributed by atoms with Gasteiger partial charge in [0.15, 0.2) is 0 Å². The Hall–Kier alpha value is -4.81. The van der Waals surface area contributed by atoms with E-state index in [4.69, 9.17) is 32.9 Å². The van der Waals surface area contributed by atoms with Crippen LogP contribution in [0, 0.1) is 0 Å². The van der Waals surface area contributed by atoms with E-state index < -0.39 is 0 Å². The number of methoxy groups -OCH3 is 1. The van der Waals surface area contributed by atoms with Gasteiger partial charge in [-0.1, -0.05) is 65.7 Å². The molecule has 2 amide bonds. The van der Waals surface area contributed by atoms with Gasteiger partial charge in [0, 0.05) is 104 Å². The average Bonchev–Trinajstić information content (AvgIpc) is 3.72. The molecule has 2 aliphatic rings. The molecular formula is C39H39Cl2N7O4. The van der Waals surface area contributed by atoms with Gasteiger partial charge in [0.05, 0.1) is 22.8 Å². The van der Waals surface area contributed by atoms with Crippen LogP contribution >= 0.6 is 23.2 Å². The van der Waals surface area contributed by atoms with E-state index in [9.17, 15) is 14.4 Å². The minimum Gasteiger partial charge on any atom is -0.481 e. The monoisotopic (exact) mass is 739 g/mol. The van der Waals surface area contributed by atoms with Crippen molar-refractivity contribution in [2.45, 2.75) is 50.9 Å². The summed E-state index contributed by atoms with van der Waals surface area (Å²) in [6.07, 6.45) is 6.08. The fourth-order valence-electron chi connectivity index (χ4n) is 6.92. The molecule has 3 N–H and O–H groups in total. The zero-order valence-corrected chi connectivity index (χ0v) is 30.4. The molecule has 11 nitrogen and oxygen atoms in total. The van der Waals surface area contributed by atoms with Crippen molar-refractivity contribution in [3.63, 3.8) is 0 Å². The van der Waals surface area contributed by atoms with Crippen molar-refractivity contribution in [2.24, 2.45) is 0 Å². The highest BCUT2D eigenvalue weighted by Gasteiger charge is 2.27. The van der Waals surface area contributed by atoms with Crippen LogP contribution in [-0.4, -0.2) is 70.4 Å². The first-order chi connectivity index (χ1) is 25.2. The minimum absolute atomic E-state index is 0.0922. The molecule has 2 aromatic carbocycles. The number of likely N-dealkylation sites (tertiary alicyclic amines) is 1. The lowest BCUT2D eigenvalue weighted by molar-refractivity contribution is -0.127. The lowest BCUT2D eigenvalue weighted by Gasteiger charge is -2.20. The maximum Gasteiger partial charge on any atom is 0.262 e. The standard InChI is InChI=1S/C39H39Cl2N7O4/c1-47-27(11-14-35(47)50)22-43-19-25-20-44-33-17-23(15-16-48(33)39(25)51)28-5-3-6-29(36(28)40)30-7-4-8-31(37(30)41)32-12-9-24(38(46-32)52-2)18-42-21-26-10-13-34(49)45-26/h3-9,12,15-17,20,26-27,42-43H,10-11,13-14,18-19,21-22H2,1-2H3,(H,45,49)/t26-,27?/m0/s1. The largest absolute Gasteiger partial charge is 0.481 e. The van der Waals surface area contributed by atoms with Gasteiger partial charge in [0.1, 0.15) is 5.65 Å². The van der Waals surface area contributed by atoms with E-state index in [1.807, 2.05) is 67.7 Å². The van der Waals surface area contributed by atoms with Crippen molar-refractivity contribution in [1.82, 2.24) is 35.2 Å². The molecule has 5 heterocycles. The van der Waals surface area contributed by atoms with Gasteiger partial charge >= 0.3 is 0 Å². The summed E-state index contributed by atoms with van der Waals surface area (Å²) in [6, 6.07) is 19.4. The van der Waals surface area contributed by atoms with Crippen LogP contribution in [0.2, 0.25) is 10.0 Å². The minimum atomic E-state index is -0.156. The highest BCUT2D eigenvalue weighted by Crippen LogP contribution is 2.42. The molecule has 0 spiro atoms. The smallest absolute Gasteiger partial charge is 0.262 e. The first-order valence-corrected chi connectivity index (χ1v) is 18.1. The second-order valence-corrected chi connectivity index (χ2v) is 13.9. The Morgan fingerprint density at radius 3 is 2.29 bits per heavy atom. The number of nitrogens with one attached hydrogen (secondary N) is 3. The topological polar surface area (TPSA) is 130 Å². The molecule has 2 atom stereocenters. The number of fused-ring (bicyclic) bond motifs is 1. The van der Waals surface area contributed by atoms with E-state index in [2.05, 4.69) is 20.9 Å². The number of carbonyl (C=O) groups is 2. The summed E-state index contributed by atoms with van der Waals surface area (Å²) in [5.74, 6) is 0.731. The Morgan fingerprint density at radius 2 is 1.58 bits per heavy atom. The molecule has 7 rings (SSSR count). The fraction of sp³-hybridized carbons (Fsp3) is 0.308. The predicted octanol–water partition coefficient (Wildman–Crippen LogP) is 5.48. The molecule has 2 aliphatic heterocycles. The molecule has 0 radical (unpaired) electrons. The van der Waals surface area contributed by atoms with E-state index in [0.717, 1.165) is 46.2 Å². The van der Waals surface area contributed by atoms with Gasteiger partial charge in [-0.15, -0.1) is 0 Å². The Balaban J connectivity index is 1.10. The molecule has 268 valence electrons. The zero-order valence-electron chi connectivity index (χ0n) is 28.9. The Morgan fingerprint density at radius 1 is 0.865 bits per heavy atom. The van der Waals surface area contributed by atoms with E-state index in [1.54, 1.807) is 24.4 Å². The third-order valence-electron chi connectivity index (χ3n) is 9.91. The van der Waals surface area contributed by atoms with Gasteiger partial charge in [0.2, 0.25) is 17.7 Å². The van der Waals surface area contributed by atoms with E-state index in [1.165, 1.54) is 4.40 Å². The third kappa shape index (κ3) is 7.27. The molecule has 3 aromatic heterocycles. The number of hydrogen-bond acceptors (Lipinski definition) is 8. The molecule has 13 heteroatoms. The normalized spacial score (nSPS) is 17.3. The number of hydrogen-bond donors (Lipinski definition) is 3. The highest BCUT2D eigenvalue weighted by molar-refractivity contribution is 6.39. The van der Waals surface area contributed by atoms with Crippen LogP contribution in [0.25, 0.3) is 39.2 Å². The van der Waals surface area contributed by atoms with Crippen LogP contribution in [0.4, 0.5) is 0 Å². The second kappa shape index (κ2) is 15.4. The number of ether oxygens (including phenoxy) is 1. The summed E-state index contributed by atoms with van der Waals surface area (Å²) in [4.78, 5) is 47.8. The summed E-state index contributed by atoms with van der Waals surface area (Å²) >= 11 is 14.2. The van der Waals surface area contributed by atoms with Crippen molar-refractivity contribution in [2.75, 3.05) is 27.2 Å². The number of likely N-dealkylation sites (N-methyl/N-ethyl adjacent to an activating group) is 1. The molecule has 1 unspecified atom stereocenters. The van der Waals surface area contributed by atoms with Gasteiger partial charge in [-0.3, -0.25) is 18.8 Å². The summed E-state index contributed by atoms with van der Waals surface area (Å²) in [5, 5.41) is 10.7. The van der Waals surface area contributed by atoms with Crippen LogP contribution < -0.4 is 26.2 Å². The number of nitrogens with zero attached hydrogens (tertiary/aromatic N) is 4. The number of pyridine rings is 2. The van der Waals surface area contributed by atoms with Gasteiger partial charge in [-0.2, -0.15) is 0 Å². The quantitative estimate of drug-likeness (QED) is 0.153. The van der Waals surface area contributed by atoms with Gasteiger partial charge in [-0.25, -0.2) is 9.97 Å². The molecule has 0 saturated carbocycles. The number of benzene rings is 2. The average molecular weight is 741 g/mol. The summed E-state index contributed by atoms with van der Waals surface area (Å²) in [5.41, 5.74) is 6.24. The Bertz CT molecular complexity index is 2230. The van der Waals surface area contributed by atoms with Crippen molar-refractivity contribution in [3.05, 3.63) is 105 Å². The Labute approximate surface area is 311 Å². The van der Waals surface area contributed by atoms with Crippen LogP contribution in [0.1, 0.15) is 36.8 Å². The highest BCUT2D eigenvalue weighted by atomic mass is 35.5. The maximum atomic E-state index is 13.3. The molecule has 52 heavy (non-hydrogen) atoms. The van der Waals surface area contributed by atoms with Crippen LogP contribution in [-0.2, 0) is 22.7 Å². The Kier molecular flexibility index (Phi) is 10.6. The van der Waals surface area contributed by atoms with Crippen molar-refractivity contribution < 1.29 is 14.3 Å². The number of amides is 2. The number of aromatic nitrogens is 3. The summed E-state index contributed by atoms with van der Waals surface area (Å²) in [7, 11) is 3.41. The van der Waals surface area contributed by atoms with Crippen molar-refractivity contribution in [3.8, 4) is 39.4 Å². The van der Waals surface area contributed by atoms with Crippen molar-refractivity contribution in [1.29, 1.82) is 0 Å². The molecule has 2 fully saturated rings. The predicted molar refractivity (Wildman–Crippen MR) is 203 cm³/mol. The van der Waals surface area contributed by atoms with E-state index in [-0.39, 0.29) is 29.5 Å². The van der Waals surface area contributed by atoms with Crippen LogP contribution in [0.15, 0.2) is 77.9 Å². The van der Waals surface area contributed by atoms with Crippen molar-refractivity contribution >= 4 is 40.7 Å². The van der Waals surface area contributed by atoms with Crippen LogP contribution in [0.5, 0.6) is 5.88 Å². The molecular weight excluding hydrogens is 701 g/mol. The van der Waals surface area contributed by atoms with Gasteiger partial charge in [-0.05, 0) is 36.6 Å². The zero-order chi connectivity index (χ0) is 36.4. The maximum absolute atomic E-state index is 13.3. The van der Waals surface area contributed by atoms with E-state index in [0.29, 0.717) is 71.9 Å². The van der Waals surface area contributed by atoms with Gasteiger partial charge < -0.3 is 25.6 Å². The number of halogens is 2. The SMILES string of the molecule is COc1nc(-c2cccc(-c3cccc(-c4ccn5c(=O)c(CNCC6CCC(=O)N6C)cnc5c4)c3Cl)c2Cl)ccc1CNC[C@@H]1CCC(=O)N1. The molecule has 5 aromatic rings. The molecule has 0 bridgehead atoms. The number of rotatable bonds is 12. The first kappa shape index (κ1) is 35.6. The third-order valence-corrected chi connectivity index (χ3v) is 10.7. The summed E-state index contributed by atoms with van der Waals surface area (Å²) in [6.45, 7) is 2.18. The summed E-state index contributed by atoms with van der Waals surface area (Å²) < 4.78 is 7.18. The van der Waals surface area contributed by atoms with Gasteiger partial charge in [0.25, 0.3) is 5.56 Å².